The molecule has 3 unspecified atom stereocenters. The minimum Gasteiger partial charge on any atom is -0.311 e. The van der Waals surface area contributed by atoms with E-state index in [2.05, 4.69) is 31.0 Å². The first kappa shape index (κ1) is 14.3. The monoisotopic (exact) mass is 252 g/mol. The van der Waals surface area contributed by atoms with Gasteiger partial charge in [-0.25, -0.2) is 0 Å². The molecule has 2 heteroatoms. The van der Waals surface area contributed by atoms with Crippen molar-refractivity contribution in [3.63, 3.8) is 0 Å². The van der Waals surface area contributed by atoms with Gasteiger partial charge in [0.2, 0.25) is 0 Å². The smallest absolute Gasteiger partial charge is 0.0246 e. The largest absolute Gasteiger partial charge is 0.311 e. The van der Waals surface area contributed by atoms with Gasteiger partial charge in [0.05, 0.1) is 0 Å². The number of piperazine rings is 1. The van der Waals surface area contributed by atoms with Crippen LogP contribution in [-0.2, 0) is 0 Å². The van der Waals surface area contributed by atoms with Crippen molar-refractivity contribution >= 4 is 0 Å². The Bertz CT molecular complexity index is 235. The molecule has 2 nitrogen and oxygen atoms in total. The average molecular weight is 252 g/mol. The Kier molecular flexibility index (Phi) is 5.50. The van der Waals surface area contributed by atoms with Crippen LogP contribution in [0.4, 0.5) is 0 Å². The highest BCUT2D eigenvalue weighted by Crippen LogP contribution is 2.28. The number of hydrogen-bond donors (Lipinski definition) is 1. The Morgan fingerprint density at radius 1 is 1.22 bits per heavy atom. The molecule has 0 amide bonds. The topological polar surface area (TPSA) is 15.3 Å². The van der Waals surface area contributed by atoms with Crippen LogP contribution < -0.4 is 5.32 Å². The fourth-order valence-electron chi connectivity index (χ4n) is 3.74. The van der Waals surface area contributed by atoms with E-state index < -0.39 is 0 Å². The summed E-state index contributed by atoms with van der Waals surface area (Å²) in [5.74, 6) is 1.82. The summed E-state index contributed by atoms with van der Waals surface area (Å²) in [4.78, 5) is 2.83. The van der Waals surface area contributed by atoms with E-state index in [1.54, 1.807) is 0 Å². The highest BCUT2D eigenvalue weighted by Gasteiger charge is 2.31. The molecule has 18 heavy (non-hydrogen) atoms. The molecule has 106 valence electrons. The Morgan fingerprint density at radius 3 is 2.56 bits per heavy atom. The van der Waals surface area contributed by atoms with Crippen LogP contribution in [0.25, 0.3) is 0 Å². The van der Waals surface area contributed by atoms with Gasteiger partial charge >= 0.3 is 0 Å². The fraction of sp³-hybridized carbons (Fsp3) is 1.00. The summed E-state index contributed by atoms with van der Waals surface area (Å²) in [6.45, 7) is 10.9. The molecule has 0 spiro atoms. The van der Waals surface area contributed by atoms with E-state index in [0.717, 1.165) is 23.9 Å². The number of nitrogens with zero attached hydrogens (tertiary/aromatic N) is 1. The van der Waals surface area contributed by atoms with Crippen LogP contribution in [0.3, 0.4) is 0 Å². The first-order valence-corrected chi connectivity index (χ1v) is 8.22. The van der Waals surface area contributed by atoms with Gasteiger partial charge in [-0.3, -0.25) is 4.90 Å². The SMILES string of the molecule is CCC1CN(CC2CCCC2)C(C(C)CC)CN1. The number of nitrogens with one attached hydrogen (secondary N) is 1. The molecule has 1 N–H and O–H groups in total. The summed E-state index contributed by atoms with van der Waals surface area (Å²) >= 11 is 0. The maximum atomic E-state index is 3.75. The van der Waals surface area contributed by atoms with Crippen LogP contribution in [0.1, 0.15) is 59.3 Å². The maximum Gasteiger partial charge on any atom is 0.0246 e. The van der Waals surface area contributed by atoms with Gasteiger partial charge in [0.25, 0.3) is 0 Å². The van der Waals surface area contributed by atoms with Crippen molar-refractivity contribution < 1.29 is 0 Å². The van der Waals surface area contributed by atoms with Crippen LogP contribution in [0.15, 0.2) is 0 Å². The molecule has 0 aromatic heterocycles. The van der Waals surface area contributed by atoms with E-state index >= 15 is 0 Å². The molecule has 0 radical (unpaired) electrons. The lowest BCUT2D eigenvalue weighted by molar-refractivity contribution is 0.0750. The van der Waals surface area contributed by atoms with Crippen molar-refractivity contribution in [3.8, 4) is 0 Å². The third-order valence-corrected chi connectivity index (χ3v) is 5.30. The lowest BCUT2D eigenvalue weighted by Crippen LogP contribution is -2.59. The number of hydrogen-bond acceptors (Lipinski definition) is 2. The summed E-state index contributed by atoms with van der Waals surface area (Å²) in [6.07, 6.45) is 8.49. The zero-order chi connectivity index (χ0) is 13.0. The summed E-state index contributed by atoms with van der Waals surface area (Å²) in [6, 6.07) is 1.50. The second kappa shape index (κ2) is 6.91. The molecule has 1 aliphatic heterocycles. The highest BCUT2D eigenvalue weighted by atomic mass is 15.2. The lowest BCUT2D eigenvalue weighted by Gasteiger charge is -2.44. The van der Waals surface area contributed by atoms with Crippen LogP contribution in [-0.4, -0.2) is 36.6 Å². The van der Waals surface area contributed by atoms with Crippen molar-refractivity contribution in [1.29, 1.82) is 0 Å². The van der Waals surface area contributed by atoms with Gasteiger partial charge in [-0.15, -0.1) is 0 Å². The van der Waals surface area contributed by atoms with E-state index in [0.29, 0.717) is 0 Å². The van der Waals surface area contributed by atoms with Crippen LogP contribution in [0.5, 0.6) is 0 Å². The molecule has 0 bridgehead atoms. The zero-order valence-electron chi connectivity index (χ0n) is 12.6. The fourth-order valence-corrected chi connectivity index (χ4v) is 3.74. The Morgan fingerprint density at radius 2 is 1.94 bits per heavy atom. The van der Waals surface area contributed by atoms with Gasteiger partial charge in [0.1, 0.15) is 0 Å². The van der Waals surface area contributed by atoms with Crippen LogP contribution in [0, 0.1) is 11.8 Å². The summed E-state index contributed by atoms with van der Waals surface area (Å²) in [7, 11) is 0. The molecule has 0 aromatic rings. The molecule has 2 aliphatic rings. The molecule has 1 aliphatic carbocycles. The molecular formula is C16H32N2. The third-order valence-electron chi connectivity index (χ3n) is 5.30. The predicted molar refractivity (Wildman–Crippen MR) is 78.9 cm³/mol. The van der Waals surface area contributed by atoms with E-state index in [4.69, 9.17) is 0 Å². The van der Waals surface area contributed by atoms with Crippen LogP contribution >= 0.6 is 0 Å². The summed E-state index contributed by atoms with van der Waals surface area (Å²) < 4.78 is 0. The average Bonchev–Trinajstić information content (AvgIpc) is 2.90. The summed E-state index contributed by atoms with van der Waals surface area (Å²) in [5, 5.41) is 3.75. The van der Waals surface area contributed by atoms with E-state index in [1.165, 1.54) is 58.2 Å². The van der Waals surface area contributed by atoms with Gasteiger partial charge < -0.3 is 5.32 Å². The minimum absolute atomic E-state index is 0.728. The van der Waals surface area contributed by atoms with Gasteiger partial charge in [-0.2, -0.15) is 0 Å². The standard InChI is InChI=1S/C16H32N2/c1-4-13(3)16-10-17-15(5-2)12-18(16)11-14-8-6-7-9-14/h13-17H,4-12H2,1-3H3. The molecule has 2 rings (SSSR count). The normalized spacial score (nSPS) is 32.8. The molecule has 1 heterocycles. The molecule has 3 atom stereocenters. The van der Waals surface area contributed by atoms with E-state index in [-0.39, 0.29) is 0 Å². The maximum absolute atomic E-state index is 3.75. The van der Waals surface area contributed by atoms with Crippen molar-refractivity contribution in [1.82, 2.24) is 10.2 Å². The van der Waals surface area contributed by atoms with Crippen molar-refractivity contribution in [2.75, 3.05) is 19.6 Å². The quantitative estimate of drug-likeness (QED) is 0.808. The molecule has 0 aromatic carbocycles. The van der Waals surface area contributed by atoms with Gasteiger partial charge in [-0.05, 0) is 31.1 Å². The van der Waals surface area contributed by atoms with E-state index in [1.807, 2.05) is 0 Å². The molecule has 1 saturated heterocycles. The molecule has 2 fully saturated rings. The second-order valence-corrected chi connectivity index (χ2v) is 6.57. The lowest BCUT2D eigenvalue weighted by atomic mass is 9.92. The molecular weight excluding hydrogens is 220 g/mol. The van der Waals surface area contributed by atoms with Crippen molar-refractivity contribution in [2.45, 2.75) is 71.4 Å². The third kappa shape index (κ3) is 3.48. The van der Waals surface area contributed by atoms with Crippen LogP contribution in [0.2, 0.25) is 0 Å². The van der Waals surface area contributed by atoms with Gasteiger partial charge in [0, 0.05) is 31.7 Å². The highest BCUT2D eigenvalue weighted by molar-refractivity contribution is 4.89. The van der Waals surface area contributed by atoms with Crippen molar-refractivity contribution in [2.24, 2.45) is 11.8 Å². The van der Waals surface area contributed by atoms with E-state index in [9.17, 15) is 0 Å². The van der Waals surface area contributed by atoms with Gasteiger partial charge in [-0.1, -0.05) is 40.0 Å². The Balaban J connectivity index is 1.94. The summed E-state index contributed by atoms with van der Waals surface area (Å²) in [5.41, 5.74) is 0. The van der Waals surface area contributed by atoms with Gasteiger partial charge in [0.15, 0.2) is 0 Å². The Labute approximate surface area is 114 Å². The van der Waals surface area contributed by atoms with Crippen molar-refractivity contribution in [3.05, 3.63) is 0 Å². The first-order chi connectivity index (χ1) is 8.74. The minimum atomic E-state index is 0.728. The molecule has 1 saturated carbocycles. The second-order valence-electron chi connectivity index (χ2n) is 6.57. The first-order valence-electron chi connectivity index (χ1n) is 8.22. The zero-order valence-corrected chi connectivity index (χ0v) is 12.6. The Hall–Kier alpha value is -0.0800. The predicted octanol–water partition coefficient (Wildman–Crippen LogP) is 3.28. The number of rotatable bonds is 5.